The minimum atomic E-state index is -4.86. The molecule has 8 nitrogen and oxygen atoms in total. The number of alkyl halides is 3. The molecule has 37 heavy (non-hydrogen) atoms. The van der Waals surface area contributed by atoms with Gasteiger partial charge in [-0.05, 0) is 70.7 Å². The summed E-state index contributed by atoms with van der Waals surface area (Å²) in [5.41, 5.74) is 3.58. The van der Waals surface area contributed by atoms with Gasteiger partial charge in [-0.3, -0.25) is 4.79 Å². The van der Waals surface area contributed by atoms with Crippen molar-refractivity contribution in [1.29, 1.82) is 0 Å². The molecule has 194 valence electrons. The lowest BCUT2D eigenvalue weighted by atomic mass is 10.00. The fourth-order valence-electron chi connectivity index (χ4n) is 4.09. The molecule has 0 radical (unpaired) electrons. The number of hydrogen-bond donors (Lipinski definition) is 2. The molecule has 0 aliphatic heterocycles. The van der Waals surface area contributed by atoms with Gasteiger partial charge in [0.2, 0.25) is 17.5 Å². The van der Waals surface area contributed by atoms with E-state index in [0.717, 1.165) is 0 Å². The number of aromatic hydroxyl groups is 1. The average Bonchev–Trinajstić information content (AvgIpc) is 3.45. The Hall–Kier alpha value is -4.41. The molecule has 0 fully saturated rings. The lowest BCUT2D eigenvalue weighted by molar-refractivity contribution is -0.274. The van der Waals surface area contributed by atoms with Gasteiger partial charge in [-0.15, -0.1) is 13.2 Å². The molecule has 0 saturated carbocycles. The molecule has 1 aliphatic rings. The molecule has 1 heterocycles. The number of nitrogens with zero attached hydrogens (tertiary/aromatic N) is 1. The van der Waals surface area contributed by atoms with E-state index < -0.39 is 12.1 Å². The third kappa shape index (κ3) is 5.71. The maximum atomic E-state index is 12.9. The molecule has 2 aromatic carbocycles. The van der Waals surface area contributed by atoms with Gasteiger partial charge in [0.15, 0.2) is 11.5 Å². The van der Waals surface area contributed by atoms with Gasteiger partial charge in [-0.1, -0.05) is 6.07 Å². The molecule has 0 bridgehead atoms. The maximum Gasteiger partial charge on any atom is 0.573 e. The van der Waals surface area contributed by atoms with E-state index in [1.165, 1.54) is 44.9 Å². The van der Waals surface area contributed by atoms with Crippen LogP contribution in [0.25, 0.3) is 17.2 Å². The van der Waals surface area contributed by atoms with Crippen LogP contribution < -0.4 is 19.5 Å². The van der Waals surface area contributed by atoms with Crippen molar-refractivity contribution >= 4 is 23.1 Å². The topological polar surface area (TPSA) is 103 Å². The van der Waals surface area contributed by atoms with E-state index in [2.05, 4.69) is 15.0 Å². The number of fused-ring (bicyclic) bond motifs is 1. The summed E-state index contributed by atoms with van der Waals surface area (Å²) in [6.07, 6.45) is -0.353. The average molecular weight is 516 g/mol. The monoisotopic (exact) mass is 516 g/mol. The Bertz CT molecular complexity index is 1350. The number of ether oxygens (including phenoxy) is 3. The Labute approximate surface area is 210 Å². The SMILES string of the molecule is COc1cc(C=C2C(C)=C(CC(=O)NCc3ncco3)c3cc(OC(F)(F)F)ccc32)cc(OC)c1O. The number of aromatic nitrogens is 1. The van der Waals surface area contributed by atoms with E-state index in [9.17, 15) is 23.1 Å². The number of rotatable bonds is 8. The highest BCUT2D eigenvalue weighted by Crippen LogP contribution is 2.46. The minimum absolute atomic E-state index is 0.0675. The van der Waals surface area contributed by atoms with Crippen LogP contribution in [0.1, 0.15) is 35.9 Å². The zero-order valence-corrected chi connectivity index (χ0v) is 20.1. The Morgan fingerprint density at radius 3 is 2.43 bits per heavy atom. The summed E-state index contributed by atoms with van der Waals surface area (Å²) in [7, 11) is 2.80. The Balaban J connectivity index is 1.74. The highest BCUT2D eigenvalue weighted by molar-refractivity contribution is 6.08. The van der Waals surface area contributed by atoms with Crippen molar-refractivity contribution in [2.24, 2.45) is 0 Å². The van der Waals surface area contributed by atoms with Crippen molar-refractivity contribution in [3.63, 3.8) is 0 Å². The molecule has 3 aromatic rings. The molecular weight excluding hydrogens is 493 g/mol. The highest BCUT2D eigenvalue weighted by Gasteiger charge is 2.33. The number of nitrogens with one attached hydrogen (secondary N) is 1. The van der Waals surface area contributed by atoms with Crippen molar-refractivity contribution in [3.05, 3.63) is 70.9 Å². The van der Waals surface area contributed by atoms with E-state index in [1.54, 1.807) is 25.1 Å². The Kier molecular flexibility index (Phi) is 7.14. The van der Waals surface area contributed by atoms with Crippen molar-refractivity contribution in [2.45, 2.75) is 26.3 Å². The van der Waals surface area contributed by atoms with Gasteiger partial charge >= 0.3 is 6.36 Å². The number of allylic oxidation sites excluding steroid dienone is 2. The first kappa shape index (κ1) is 25.7. The molecule has 1 aliphatic carbocycles. The number of amides is 1. The van der Waals surface area contributed by atoms with Crippen molar-refractivity contribution in [3.8, 4) is 23.0 Å². The van der Waals surface area contributed by atoms with E-state index in [1.807, 2.05) is 0 Å². The summed E-state index contributed by atoms with van der Waals surface area (Å²) in [6.45, 7) is 1.85. The second kappa shape index (κ2) is 10.3. The van der Waals surface area contributed by atoms with Crippen molar-refractivity contribution in [1.82, 2.24) is 10.3 Å². The van der Waals surface area contributed by atoms with Crippen LogP contribution in [0.3, 0.4) is 0 Å². The van der Waals surface area contributed by atoms with Gasteiger partial charge in [0, 0.05) is 0 Å². The molecule has 11 heteroatoms. The number of methoxy groups -OCH3 is 2. The van der Waals surface area contributed by atoms with Crippen LogP contribution in [-0.2, 0) is 11.3 Å². The first-order valence-corrected chi connectivity index (χ1v) is 11.0. The van der Waals surface area contributed by atoms with Gasteiger partial charge < -0.3 is 29.1 Å². The smallest absolute Gasteiger partial charge is 0.502 e. The molecule has 0 unspecified atom stereocenters. The van der Waals surface area contributed by atoms with Crippen molar-refractivity contribution < 1.29 is 41.7 Å². The van der Waals surface area contributed by atoms with Crippen LogP contribution in [0, 0.1) is 0 Å². The normalized spacial score (nSPS) is 14.1. The predicted octanol–water partition coefficient (Wildman–Crippen LogP) is 5.33. The number of phenolic OH excluding ortho intramolecular Hbond substituents is 1. The quantitative estimate of drug-likeness (QED) is 0.417. The Morgan fingerprint density at radius 1 is 1.14 bits per heavy atom. The molecule has 2 N–H and O–H groups in total. The fourth-order valence-corrected chi connectivity index (χ4v) is 4.09. The predicted molar refractivity (Wildman–Crippen MR) is 128 cm³/mol. The highest BCUT2D eigenvalue weighted by atomic mass is 19.4. The number of hydrogen-bond acceptors (Lipinski definition) is 7. The number of oxazole rings is 1. The molecule has 1 aromatic heterocycles. The first-order chi connectivity index (χ1) is 17.6. The molecule has 1 amide bonds. The van der Waals surface area contributed by atoms with Crippen LogP contribution >= 0.6 is 0 Å². The van der Waals surface area contributed by atoms with E-state index in [4.69, 9.17) is 13.9 Å². The van der Waals surface area contributed by atoms with E-state index in [-0.39, 0.29) is 36.1 Å². The number of benzene rings is 2. The second-order valence-electron chi connectivity index (χ2n) is 8.07. The third-order valence-corrected chi connectivity index (χ3v) is 5.77. The zero-order chi connectivity index (χ0) is 26.7. The van der Waals surface area contributed by atoms with Crippen LogP contribution in [-0.4, -0.2) is 36.6 Å². The molecule has 4 rings (SSSR count). The third-order valence-electron chi connectivity index (χ3n) is 5.77. The second-order valence-corrected chi connectivity index (χ2v) is 8.07. The fraction of sp³-hybridized carbons (Fsp3) is 0.231. The lowest BCUT2D eigenvalue weighted by Crippen LogP contribution is -2.23. The Morgan fingerprint density at radius 2 is 1.84 bits per heavy atom. The molecule has 0 spiro atoms. The summed E-state index contributed by atoms with van der Waals surface area (Å²) in [5.74, 6) is -0.232. The van der Waals surface area contributed by atoms with Crippen LogP contribution in [0.15, 0.2) is 52.8 Å². The molecular formula is C26H23F3N2O6. The summed E-state index contributed by atoms with van der Waals surface area (Å²) < 4.78 is 58.3. The number of carbonyl (C=O) groups is 1. The van der Waals surface area contributed by atoms with Crippen molar-refractivity contribution in [2.75, 3.05) is 14.2 Å². The summed E-state index contributed by atoms with van der Waals surface area (Å²) in [5, 5.41) is 12.9. The number of halogens is 3. The number of phenols is 1. The minimum Gasteiger partial charge on any atom is -0.502 e. The van der Waals surface area contributed by atoms with Gasteiger partial charge in [0.25, 0.3) is 0 Å². The standard InChI is InChI=1S/C26H23F3N2O6/c1-14-18(8-15-9-21(34-2)25(33)22(10-15)35-3)17-5-4-16(37-26(27,28)29)11-20(17)19(14)12-23(32)31-13-24-30-6-7-36-24/h4-11,33H,12-13H2,1-3H3,(H,31,32). The first-order valence-electron chi connectivity index (χ1n) is 11.0. The largest absolute Gasteiger partial charge is 0.573 e. The van der Waals surface area contributed by atoms with E-state index in [0.29, 0.717) is 39.3 Å². The van der Waals surface area contributed by atoms with Crippen LogP contribution in [0.2, 0.25) is 0 Å². The van der Waals surface area contributed by atoms with Gasteiger partial charge in [0.1, 0.15) is 12.0 Å². The summed E-state index contributed by atoms with van der Waals surface area (Å²) >= 11 is 0. The summed E-state index contributed by atoms with van der Waals surface area (Å²) in [4.78, 5) is 16.7. The van der Waals surface area contributed by atoms with Gasteiger partial charge in [-0.2, -0.15) is 0 Å². The summed E-state index contributed by atoms with van der Waals surface area (Å²) in [6, 6.07) is 7.19. The number of carbonyl (C=O) groups excluding carboxylic acids is 1. The van der Waals surface area contributed by atoms with Crippen LogP contribution in [0.5, 0.6) is 23.0 Å². The molecule has 0 saturated heterocycles. The molecule has 0 atom stereocenters. The van der Waals surface area contributed by atoms with Crippen LogP contribution in [0.4, 0.5) is 13.2 Å². The van der Waals surface area contributed by atoms with Gasteiger partial charge in [0.05, 0.1) is 33.4 Å². The zero-order valence-electron chi connectivity index (χ0n) is 20.1. The van der Waals surface area contributed by atoms with E-state index >= 15 is 0 Å². The lowest BCUT2D eigenvalue weighted by Gasteiger charge is -2.12. The van der Waals surface area contributed by atoms with Gasteiger partial charge in [-0.25, -0.2) is 4.98 Å². The maximum absolute atomic E-state index is 12.9.